The van der Waals surface area contributed by atoms with Gasteiger partial charge >= 0.3 is 0 Å². The van der Waals surface area contributed by atoms with Crippen LogP contribution in [0.25, 0.3) is 0 Å². The zero-order valence-electron chi connectivity index (χ0n) is 15.7. The van der Waals surface area contributed by atoms with E-state index in [0.29, 0.717) is 17.2 Å². The zero-order chi connectivity index (χ0) is 19.0. The van der Waals surface area contributed by atoms with Crippen LogP contribution in [0.4, 0.5) is 5.69 Å². The fourth-order valence-electron chi connectivity index (χ4n) is 4.25. The third-order valence-electron chi connectivity index (χ3n) is 5.57. The molecule has 27 heavy (non-hydrogen) atoms. The van der Waals surface area contributed by atoms with Gasteiger partial charge in [0.15, 0.2) is 6.61 Å². The van der Waals surface area contributed by atoms with E-state index in [1.54, 1.807) is 24.3 Å². The summed E-state index contributed by atoms with van der Waals surface area (Å²) < 4.78 is 5.71. The molecule has 0 unspecified atom stereocenters. The van der Waals surface area contributed by atoms with Crippen LogP contribution in [0.1, 0.15) is 29.0 Å². The lowest BCUT2D eigenvalue weighted by atomic mass is 9.89. The molecule has 2 aromatic rings. The summed E-state index contributed by atoms with van der Waals surface area (Å²) in [5.41, 5.74) is 4.10. The van der Waals surface area contributed by atoms with E-state index in [-0.39, 0.29) is 18.6 Å². The molecule has 0 spiro atoms. The van der Waals surface area contributed by atoms with E-state index in [1.807, 2.05) is 4.90 Å². The van der Waals surface area contributed by atoms with Gasteiger partial charge in [0.25, 0.3) is 5.91 Å². The van der Waals surface area contributed by atoms with Crippen molar-refractivity contribution in [3.05, 3.63) is 59.2 Å². The van der Waals surface area contributed by atoms with Gasteiger partial charge in [-0.2, -0.15) is 5.26 Å². The second kappa shape index (κ2) is 7.05. The summed E-state index contributed by atoms with van der Waals surface area (Å²) in [5.74, 6) is 0.949. The van der Waals surface area contributed by atoms with Crippen molar-refractivity contribution in [3.8, 4) is 11.8 Å². The molecule has 2 aromatic carbocycles. The average molecular weight is 361 g/mol. The highest BCUT2D eigenvalue weighted by molar-refractivity contribution is 5.98. The number of likely N-dealkylation sites (tertiary alicyclic amines) is 1. The standard InChI is InChI=1S/C22H23N3O2/c1-15-3-8-20-18(11-15)19-13-24(2)10-9-21(19)25(20)22(26)14-27-17-6-4-16(12-23)5-7-17/h3-8,11,19,21H,9-10,13-14H2,1-2H3/t19-,21-/m1/s1. The summed E-state index contributed by atoms with van der Waals surface area (Å²) >= 11 is 0. The molecule has 1 amide bonds. The minimum Gasteiger partial charge on any atom is -0.484 e. The van der Waals surface area contributed by atoms with Gasteiger partial charge < -0.3 is 14.5 Å². The average Bonchev–Trinajstić information content (AvgIpc) is 2.99. The number of anilines is 1. The maximum Gasteiger partial charge on any atom is 0.265 e. The van der Waals surface area contributed by atoms with Crippen LogP contribution in [0, 0.1) is 18.3 Å². The molecule has 2 atom stereocenters. The van der Waals surface area contributed by atoms with Crippen LogP contribution < -0.4 is 9.64 Å². The number of rotatable bonds is 3. The van der Waals surface area contributed by atoms with E-state index in [9.17, 15) is 4.79 Å². The monoisotopic (exact) mass is 361 g/mol. The molecule has 0 aliphatic carbocycles. The van der Waals surface area contributed by atoms with Crippen LogP contribution in [0.5, 0.6) is 5.75 Å². The Bertz CT molecular complexity index is 901. The molecule has 2 heterocycles. The molecule has 5 nitrogen and oxygen atoms in total. The Hall–Kier alpha value is -2.84. The molecule has 5 heteroatoms. The summed E-state index contributed by atoms with van der Waals surface area (Å²) in [6.45, 7) is 4.06. The summed E-state index contributed by atoms with van der Waals surface area (Å²) in [7, 11) is 2.14. The van der Waals surface area contributed by atoms with E-state index in [0.717, 1.165) is 25.2 Å². The van der Waals surface area contributed by atoms with Gasteiger partial charge in [0.05, 0.1) is 11.6 Å². The van der Waals surface area contributed by atoms with Gasteiger partial charge in [-0.3, -0.25) is 4.79 Å². The van der Waals surface area contributed by atoms with Crippen molar-refractivity contribution in [2.75, 3.05) is 31.6 Å². The minimum atomic E-state index is -0.0125. The molecule has 4 rings (SSSR count). The maximum atomic E-state index is 13.1. The number of carbonyl (C=O) groups is 1. The Morgan fingerprint density at radius 3 is 2.78 bits per heavy atom. The highest BCUT2D eigenvalue weighted by atomic mass is 16.5. The van der Waals surface area contributed by atoms with Crippen LogP contribution in [0.15, 0.2) is 42.5 Å². The summed E-state index contributed by atoms with van der Waals surface area (Å²) in [6, 6.07) is 15.5. The smallest absolute Gasteiger partial charge is 0.265 e. The predicted octanol–water partition coefficient (Wildman–Crippen LogP) is 3.08. The van der Waals surface area contributed by atoms with Crippen molar-refractivity contribution >= 4 is 11.6 Å². The number of likely N-dealkylation sites (N-methyl/N-ethyl adjacent to an activating group) is 1. The van der Waals surface area contributed by atoms with E-state index < -0.39 is 0 Å². The first-order chi connectivity index (χ1) is 13.1. The first-order valence-electron chi connectivity index (χ1n) is 9.31. The lowest BCUT2D eigenvalue weighted by Gasteiger charge is -2.36. The second-order valence-electron chi connectivity index (χ2n) is 7.48. The van der Waals surface area contributed by atoms with Crippen molar-refractivity contribution in [2.45, 2.75) is 25.3 Å². The number of aryl methyl sites for hydroxylation is 1. The molecule has 0 N–H and O–H groups in total. The summed E-state index contributed by atoms with van der Waals surface area (Å²) in [5, 5.41) is 8.88. The number of piperidine rings is 1. The molecule has 2 aliphatic heterocycles. The fourth-order valence-corrected chi connectivity index (χ4v) is 4.25. The van der Waals surface area contributed by atoms with Crippen LogP contribution in [0.2, 0.25) is 0 Å². The Morgan fingerprint density at radius 2 is 2.04 bits per heavy atom. The maximum absolute atomic E-state index is 13.1. The van der Waals surface area contributed by atoms with Gasteiger partial charge in [-0.25, -0.2) is 0 Å². The van der Waals surface area contributed by atoms with E-state index >= 15 is 0 Å². The first-order valence-corrected chi connectivity index (χ1v) is 9.31. The third kappa shape index (κ3) is 3.29. The van der Waals surface area contributed by atoms with Gasteiger partial charge in [-0.1, -0.05) is 17.7 Å². The quantitative estimate of drug-likeness (QED) is 0.843. The van der Waals surface area contributed by atoms with Crippen LogP contribution in [-0.2, 0) is 4.79 Å². The van der Waals surface area contributed by atoms with Crippen molar-refractivity contribution in [3.63, 3.8) is 0 Å². The largest absolute Gasteiger partial charge is 0.484 e. The summed E-state index contributed by atoms with van der Waals surface area (Å²) in [6.07, 6.45) is 0.970. The Morgan fingerprint density at radius 1 is 1.26 bits per heavy atom. The molecule has 138 valence electrons. The Kier molecular flexibility index (Phi) is 4.59. The minimum absolute atomic E-state index is 0.00171. The Labute approximate surface area is 159 Å². The van der Waals surface area contributed by atoms with Gasteiger partial charge in [0, 0.05) is 24.2 Å². The summed E-state index contributed by atoms with van der Waals surface area (Å²) in [4.78, 5) is 17.4. The number of benzene rings is 2. The number of nitrogens with zero attached hydrogens (tertiary/aromatic N) is 3. The lowest BCUT2D eigenvalue weighted by molar-refractivity contribution is -0.121. The van der Waals surface area contributed by atoms with Gasteiger partial charge in [-0.15, -0.1) is 0 Å². The normalized spacial score (nSPS) is 21.3. The number of hydrogen-bond donors (Lipinski definition) is 0. The number of nitriles is 1. The SMILES string of the molecule is Cc1ccc2c(c1)[C@H]1CN(C)CC[C@H]1N2C(=O)COc1ccc(C#N)cc1. The molecule has 0 saturated carbocycles. The molecule has 0 radical (unpaired) electrons. The fraction of sp³-hybridized carbons (Fsp3) is 0.364. The molecule has 2 aliphatic rings. The second-order valence-corrected chi connectivity index (χ2v) is 7.48. The van der Waals surface area contributed by atoms with E-state index in [4.69, 9.17) is 10.00 Å². The van der Waals surface area contributed by atoms with Crippen molar-refractivity contribution in [1.82, 2.24) is 4.90 Å². The zero-order valence-corrected chi connectivity index (χ0v) is 15.7. The number of ether oxygens (including phenoxy) is 1. The Balaban J connectivity index is 1.54. The van der Waals surface area contributed by atoms with Crippen LogP contribution in [-0.4, -0.2) is 43.6 Å². The van der Waals surface area contributed by atoms with Crippen molar-refractivity contribution in [2.24, 2.45) is 0 Å². The van der Waals surface area contributed by atoms with Crippen LogP contribution >= 0.6 is 0 Å². The molecule has 1 saturated heterocycles. The number of carbonyl (C=O) groups excluding carboxylic acids is 1. The van der Waals surface area contributed by atoms with Crippen molar-refractivity contribution < 1.29 is 9.53 Å². The predicted molar refractivity (Wildman–Crippen MR) is 104 cm³/mol. The lowest BCUT2D eigenvalue weighted by Crippen LogP contribution is -2.48. The highest BCUT2D eigenvalue weighted by Gasteiger charge is 2.43. The van der Waals surface area contributed by atoms with Gasteiger partial charge in [0.2, 0.25) is 0 Å². The molecule has 0 bridgehead atoms. The number of hydrogen-bond acceptors (Lipinski definition) is 4. The van der Waals surface area contributed by atoms with Gasteiger partial charge in [-0.05, 0) is 62.8 Å². The highest BCUT2D eigenvalue weighted by Crippen LogP contribution is 2.44. The topological polar surface area (TPSA) is 56.6 Å². The number of fused-ring (bicyclic) bond motifs is 3. The van der Waals surface area contributed by atoms with Crippen molar-refractivity contribution in [1.29, 1.82) is 5.26 Å². The molecule has 0 aromatic heterocycles. The van der Waals surface area contributed by atoms with E-state index in [2.05, 4.69) is 43.1 Å². The van der Waals surface area contributed by atoms with E-state index in [1.165, 1.54) is 11.1 Å². The van der Waals surface area contributed by atoms with Crippen LogP contribution in [0.3, 0.4) is 0 Å². The number of amides is 1. The molecular weight excluding hydrogens is 338 g/mol. The first kappa shape index (κ1) is 17.6. The third-order valence-corrected chi connectivity index (χ3v) is 5.57. The molecule has 1 fully saturated rings. The van der Waals surface area contributed by atoms with Gasteiger partial charge in [0.1, 0.15) is 5.75 Å². The molecular formula is C22H23N3O2.